The van der Waals surface area contributed by atoms with Gasteiger partial charge >= 0.3 is 0 Å². The quantitative estimate of drug-likeness (QED) is 0.826. The molecule has 0 spiro atoms. The second-order valence-electron chi connectivity index (χ2n) is 4.65. The lowest BCUT2D eigenvalue weighted by Crippen LogP contribution is -2.49. The van der Waals surface area contributed by atoms with Crippen molar-refractivity contribution in [2.75, 3.05) is 26.7 Å². The maximum absolute atomic E-state index is 5.64. The van der Waals surface area contributed by atoms with Gasteiger partial charge in [-0.05, 0) is 20.0 Å². The van der Waals surface area contributed by atoms with Gasteiger partial charge in [-0.2, -0.15) is 0 Å². The van der Waals surface area contributed by atoms with Crippen LogP contribution in [0.25, 0.3) is 0 Å². The normalized spacial score (nSPS) is 23.8. The topological polar surface area (TPSA) is 45.6 Å². The van der Waals surface area contributed by atoms with Crippen molar-refractivity contribution >= 4 is 0 Å². The lowest BCUT2D eigenvalue weighted by atomic mass is 10.1. The van der Waals surface area contributed by atoms with E-state index in [2.05, 4.69) is 23.8 Å². The molecule has 90 valence electrons. The predicted octanol–water partition coefficient (Wildman–Crippen LogP) is 0.874. The molecule has 0 saturated carbocycles. The maximum atomic E-state index is 5.64. The highest BCUT2D eigenvalue weighted by Gasteiger charge is 2.22. The van der Waals surface area contributed by atoms with Gasteiger partial charge in [0.05, 0.1) is 12.8 Å². The number of hydrogen-bond acceptors (Lipinski definition) is 4. The summed E-state index contributed by atoms with van der Waals surface area (Å²) in [5.74, 6) is 0.922. The highest BCUT2D eigenvalue weighted by Crippen LogP contribution is 2.16. The summed E-state index contributed by atoms with van der Waals surface area (Å²) in [5, 5.41) is 0. The lowest BCUT2D eigenvalue weighted by molar-refractivity contribution is 0.0933. The Kier molecular flexibility index (Phi) is 3.63. The van der Waals surface area contributed by atoms with E-state index in [0.29, 0.717) is 12.6 Å². The van der Waals surface area contributed by atoms with Crippen molar-refractivity contribution in [3.63, 3.8) is 0 Å². The van der Waals surface area contributed by atoms with E-state index in [0.717, 1.165) is 31.9 Å². The van der Waals surface area contributed by atoms with Crippen LogP contribution in [0.15, 0.2) is 16.7 Å². The first-order valence-corrected chi connectivity index (χ1v) is 5.88. The van der Waals surface area contributed by atoms with E-state index in [1.54, 1.807) is 6.26 Å². The highest BCUT2D eigenvalue weighted by atomic mass is 16.3. The molecule has 0 aromatic carbocycles. The fourth-order valence-electron chi connectivity index (χ4n) is 2.32. The minimum absolute atomic E-state index is 0.491. The summed E-state index contributed by atoms with van der Waals surface area (Å²) in [4.78, 5) is 4.87. The van der Waals surface area contributed by atoms with Crippen molar-refractivity contribution in [1.82, 2.24) is 9.80 Å². The molecule has 0 radical (unpaired) electrons. The molecule has 1 aliphatic rings. The number of hydrogen-bond donors (Lipinski definition) is 1. The van der Waals surface area contributed by atoms with Crippen molar-refractivity contribution in [1.29, 1.82) is 0 Å². The average Bonchev–Trinajstić information content (AvgIpc) is 2.69. The smallest absolute Gasteiger partial charge is 0.121 e. The molecule has 4 heteroatoms. The van der Waals surface area contributed by atoms with Gasteiger partial charge in [0.1, 0.15) is 5.76 Å². The van der Waals surface area contributed by atoms with E-state index >= 15 is 0 Å². The van der Waals surface area contributed by atoms with E-state index in [1.807, 2.05) is 6.07 Å². The van der Waals surface area contributed by atoms with Crippen LogP contribution in [0, 0.1) is 0 Å². The lowest BCUT2D eigenvalue weighted by Gasteiger charge is -2.38. The van der Waals surface area contributed by atoms with Gasteiger partial charge in [-0.1, -0.05) is 0 Å². The molecule has 2 N–H and O–H groups in total. The molecule has 0 aliphatic carbocycles. The Morgan fingerprint density at radius 1 is 1.50 bits per heavy atom. The van der Waals surface area contributed by atoms with Crippen LogP contribution < -0.4 is 5.73 Å². The zero-order chi connectivity index (χ0) is 11.5. The fraction of sp³-hybridized carbons (Fsp3) is 0.667. The largest absolute Gasteiger partial charge is 0.468 e. The Morgan fingerprint density at radius 3 is 3.00 bits per heavy atom. The summed E-state index contributed by atoms with van der Waals surface area (Å²) in [6, 6.07) is 2.63. The fourth-order valence-corrected chi connectivity index (χ4v) is 2.32. The molecule has 4 nitrogen and oxygen atoms in total. The summed E-state index contributed by atoms with van der Waals surface area (Å²) < 4.78 is 5.35. The third-order valence-corrected chi connectivity index (χ3v) is 3.36. The van der Waals surface area contributed by atoms with E-state index in [9.17, 15) is 0 Å². The molecule has 0 amide bonds. The molecular formula is C12H21N3O. The molecule has 1 aliphatic heterocycles. The first-order valence-electron chi connectivity index (χ1n) is 5.88. The molecule has 1 unspecified atom stereocenters. The van der Waals surface area contributed by atoms with Gasteiger partial charge in [0.25, 0.3) is 0 Å². The van der Waals surface area contributed by atoms with Gasteiger partial charge in [0.15, 0.2) is 0 Å². The zero-order valence-electron chi connectivity index (χ0n) is 10.1. The Hall–Kier alpha value is -0.840. The minimum Gasteiger partial charge on any atom is -0.468 e. The average molecular weight is 223 g/mol. The summed E-state index contributed by atoms with van der Waals surface area (Å²) in [6.45, 7) is 7.11. The molecular weight excluding hydrogens is 202 g/mol. The van der Waals surface area contributed by atoms with Crippen molar-refractivity contribution < 1.29 is 4.42 Å². The van der Waals surface area contributed by atoms with E-state index in [-0.39, 0.29) is 0 Å². The summed E-state index contributed by atoms with van der Waals surface area (Å²) >= 11 is 0. The van der Waals surface area contributed by atoms with Gasteiger partial charge < -0.3 is 15.1 Å². The monoisotopic (exact) mass is 223 g/mol. The van der Waals surface area contributed by atoms with Crippen LogP contribution in [0.4, 0.5) is 0 Å². The van der Waals surface area contributed by atoms with E-state index < -0.39 is 0 Å². The maximum Gasteiger partial charge on any atom is 0.121 e. The molecule has 16 heavy (non-hydrogen) atoms. The standard InChI is InChI=1S/C12H21N3O/c1-10-8-14(2)4-5-15(10)9-11-3-6-16-12(11)7-13/h3,6,10H,4-5,7-9,13H2,1-2H3. The Labute approximate surface area is 97.0 Å². The molecule has 1 saturated heterocycles. The first-order chi connectivity index (χ1) is 7.70. The third-order valence-electron chi connectivity index (χ3n) is 3.36. The van der Waals surface area contributed by atoms with Gasteiger partial charge in [-0.15, -0.1) is 0 Å². The van der Waals surface area contributed by atoms with Crippen LogP contribution in [0.2, 0.25) is 0 Å². The molecule has 0 bridgehead atoms. The SMILES string of the molecule is CC1CN(C)CCN1Cc1ccoc1CN. The molecule has 1 fully saturated rings. The number of nitrogens with two attached hydrogens (primary N) is 1. The molecule has 1 aromatic heterocycles. The Morgan fingerprint density at radius 2 is 2.31 bits per heavy atom. The van der Waals surface area contributed by atoms with Crippen molar-refractivity contribution in [3.05, 3.63) is 23.7 Å². The molecule has 2 heterocycles. The second-order valence-corrected chi connectivity index (χ2v) is 4.65. The van der Waals surface area contributed by atoms with Gasteiger partial charge in [0.2, 0.25) is 0 Å². The van der Waals surface area contributed by atoms with E-state index in [4.69, 9.17) is 10.2 Å². The summed E-state index contributed by atoms with van der Waals surface area (Å²) in [6.07, 6.45) is 1.73. The first kappa shape index (κ1) is 11.6. The van der Waals surface area contributed by atoms with E-state index in [1.165, 1.54) is 5.56 Å². The second kappa shape index (κ2) is 4.99. The number of rotatable bonds is 3. The predicted molar refractivity (Wildman–Crippen MR) is 64.0 cm³/mol. The highest BCUT2D eigenvalue weighted by molar-refractivity contribution is 5.16. The molecule has 1 atom stereocenters. The Balaban J connectivity index is 1.99. The van der Waals surface area contributed by atoms with Crippen LogP contribution >= 0.6 is 0 Å². The zero-order valence-corrected chi connectivity index (χ0v) is 10.1. The number of nitrogens with zero attached hydrogens (tertiary/aromatic N) is 2. The van der Waals surface area contributed by atoms with Crippen molar-refractivity contribution in [3.8, 4) is 0 Å². The van der Waals surface area contributed by atoms with Gasteiger partial charge in [-0.3, -0.25) is 4.90 Å². The van der Waals surface area contributed by atoms with Crippen molar-refractivity contribution in [2.24, 2.45) is 5.73 Å². The van der Waals surface area contributed by atoms with Crippen LogP contribution in [0.3, 0.4) is 0 Å². The summed E-state index contributed by atoms with van der Waals surface area (Å²) in [7, 11) is 2.18. The number of piperazine rings is 1. The molecule has 2 rings (SSSR count). The van der Waals surface area contributed by atoms with Gasteiger partial charge in [-0.25, -0.2) is 0 Å². The molecule has 1 aromatic rings. The third kappa shape index (κ3) is 2.45. The number of likely N-dealkylation sites (N-methyl/N-ethyl adjacent to an activating group) is 1. The van der Waals surface area contributed by atoms with Crippen LogP contribution in [-0.2, 0) is 13.1 Å². The van der Waals surface area contributed by atoms with Crippen LogP contribution in [0.1, 0.15) is 18.2 Å². The van der Waals surface area contributed by atoms with Crippen LogP contribution in [-0.4, -0.2) is 42.5 Å². The Bertz CT molecular complexity index is 337. The van der Waals surface area contributed by atoms with Crippen molar-refractivity contribution in [2.45, 2.75) is 26.1 Å². The summed E-state index contributed by atoms with van der Waals surface area (Å²) in [5.41, 5.74) is 6.87. The van der Waals surface area contributed by atoms with Gasteiger partial charge in [0, 0.05) is 37.8 Å². The van der Waals surface area contributed by atoms with Crippen LogP contribution in [0.5, 0.6) is 0 Å². The number of furan rings is 1. The minimum atomic E-state index is 0.491.